The lowest BCUT2D eigenvalue weighted by Gasteiger charge is -2.32. The molecule has 0 bridgehead atoms. The van der Waals surface area contributed by atoms with Gasteiger partial charge in [-0.1, -0.05) is 62.4 Å². The summed E-state index contributed by atoms with van der Waals surface area (Å²) >= 11 is 0. The maximum Gasteiger partial charge on any atom is 0.247 e. The second kappa shape index (κ2) is 8.05. The minimum absolute atomic E-state index is 0.0640. The number of hydrogen-bond donors (Lipinski definition) is 1. The van der Waals surface area contributed by atoms with Crippen molar-refractivity contribution in [2.75, 3.05) is 6.54 Å². The highest BCUT2D eigenvalue weighted by Crippen LogP contribution is 2.34. The van der Waals surface area contributed by atoms with Gasteiger partial charge in [0.2, 0.25) is 5.91 Å². The van der Waals surface area contributed by atoms with Crippen molar-refractivity contribution >= 4 is 22.9 Å². The third-order valence-corrected chi connectivity index (χ3v) is 4.84. The van der Waals surface area contributed by atoms with Gasteiger partial charge in [0.15, 0.2) is 0 Å². The molecule has 1 amide bonds. The minimum Gasteiger partial charge on any atom is -0.356 e. The molecule has 2 aromatic carbocycles. The standard InChI is InChI=1S/C21H20N2O.C2H6/c1-15-21-18(17-9-5-6-10-19(17)22-21)13-14-23(15)20(24)12-11-16-7-3-2-4-8-16;1-2/h2-12,15,22H,13-14H2,1H3;1-2H3/b12-11+;. The largest absolute Gasteiger partial charge is 0.356 e. The zero-order valence-electron chi connectivity index (χ0n) is 15.7. The Hall–Kier alpha value is -2.81. The highest BCUT2D eigenvalue weighted by atomic mass is 16.2. The smallest absolute Gasteiger partial charge is 0.247 e. The monoisotopic (exact) mass is 346 g/mol. The normalized spacial score (nSPS) is 16.3. The van der Waals surface area contributed by atoms with E-state index in [0.29, 0.717) is 0 Å². The Bertz CT molecular complexity index is 908. The third kappa shape index (κ3) is 3.43. The summed E-state index contributed by atoms with van der Waals surface area (Å²) in [6.45, 7) is 6.86. The number of benzene rings is 2. The SMILES string of the molecule is CC.CC1c2[nH]c3ccccc3c2CCN1C(=O)/C=C/c1ccccc1. The molecular weight excluding hydrogens is 320 g/mol. The summed E-state index contributed by atoms with van der Waals surface area (Å²) in [5, 5.41) is 1.28. The fourth-order valence-electron chi connectivity index (χ4n) is 3.56. The molecule has 1 aliphatic rings. The molecule has 1 aliphatic heterocycles. The van der Waals surface area contributed by atoms with Gasteiger partial charge in [0.1, 0.15) is 0 Å². The van der Waals surface area contributed by atoms with Crippen LogP contribution in [0, 0.1) is 0 Å². The molecule has 3 heteroatoms. The zero-order chi connectivity index (χ0) is 18.5. The minimum atomic E-state index is 0.0640. The second-order valence-electron chi connectivity index (χ2n) is 6.26. The van der Waals surface area contributed by atoms with Gasteiger partial charge in [-0.25, -0.2) is 0 Å². The lowest BCUT2D eigenvalue weighted by molar-refractivity contribution is -0.128. The number of aromatic nitrogens is 1. The Morgan fingerprint density at radius 3 is 2.54 bits per heavy atom. The van der Waals surface area contributed by atoms with Crippen LogP contribution < -0.4 is 0 Å². The van der Waals surface area contributed by atoms with Crippen LogP contribution in [0.3, 0.4) is 0 Å². The zero-order valence-corrected chi connectivity index (χ0v) is 15.7. The molecule has 0 aliphatic carbocycles. The first-order valence-electron chi connectivity index (χ1n) is 9.37. The van der Waals surface area contributed by atoms with Crippen LogP contribution in [-0.2, 0) is 11.2 Å². The summed E-state index contributed by atoms with van der Waals surface area (Å²) in [7, 11) is 0. The van der Waals surface area contributed by atoms with E-state index in [1.807, 2.05) is 61.2 Å². The molecule has 0 radical (unpaired) electrons. The molecule has 1 atom stereocenters. The van der Waals surface area contributed by atoms with Crippen LogP contribution in [0.15, 0.2) is 60.7 Å². The number of aromatic amines is 1. The van der Waals surface area contributed by atoms with Crippen LogP contribution in [0.4, 0.5) is 0 Å². The molecule has 0 saturated heterocycles. The Balaban J connectivity index is 0.000000948. The number of fused-ring (bicyclic) bond motifs is 3. The van der Waals surface area contributed by atoms with Gasteiger partial charge in [0, 0.05) is 29.2 Å². The van der Waals surface area contributed by atoms with E-state index in [-0.39, 0.29) is 11.9 Å². The van der Waals surface area contributed by atoms with Crippen LogP contribution in [0.25, 0.3) is 17.0 Å². The third-order valence-electron chi connectivity index (χ3n) is 4.84. The van der Waals surface area contributed by atoms with Gasteiger partial charge in [-0.15, -0.1) is 0 Å². The fourth-order valence-corrected chi connectivity index (χ4v) is 3.56. The number of amides is 1. The Labute approximate surface area is 155 Å². The van der Waals surface area contributed by atoms with E-state index in [0.717, 1.165) is 24.0 Å². The average molecular weight is 346 g/mol. The number of rotatable bonds is 2. The van der Waals surface area contributed by atoms with Crippen molar-refractivity contribution in [2.45, 2.75) is 33.2 Å². The number of nitrogens with zero attached hydrogens (tertiary/aromatic N) is 1. The van der Waals surface area contributed by atoms with Crippen molar-refractivity contribution in [1.29, 1.82) is 0 Å². The highest BCUT2D eigenvalue weighted by molar-refractivity contribution is 5.93. The van der Waals surface area contributed by atoms with Gasteiger partial charge in [0.05, 0.1) is 6.04 Å². The highest BCUT2D eigenvalue weighted by Gasteiger charge is 2.29. The molecule has 1 unspecified atom stereocenters. The number of H-pyrrole nitrogens is 1. The number of carbonyl (C=O) groups is 1. The van der Waals surface area contributed by atoms with E-state index in [4.69, 9.17) is 0 Å². The van der Waals surface area contributed by atoms with Crippen molar-refractivity contribution in [2.24, 2.45) is 0 Å². The Morgan fingerprint density at radius 1 is 1.08 bits per heavy atom. The summed E-state index contributed by atoms with van der Waals surface area (Å²) in [5.41, 5.74) is 4.73. The van der Waals surface area contributed by atoms with Crippen molar-refractivity contribution in [3.63, 3.8) is 0 Å². The summed E-state index contributed by atoms with van der Waals surface area (Å²) in [6.07, 6.45) is 4.46. The fraction of sp³-hybridized carbons (Fsp3) is 0.261. The quantitative estimate of drug-likeness (QED) is 0.624. The van der Waals surface area contributed by atoms with E-state index in [1.165, 1.54) is 16.6 Å². The molecule has 26 heavy (non-hydrogen) atoms. The van der Waals surface area contributed by atoms with Crippen LogP contribution in [-0.4, -0.2) is 22.3 Å². The van der Waals surface area contributed by atoms with Crippen LogP contribution in [0.2, 0.25) is 0 Å². The van der Waals surface area contributed by atoms with Crippen LogP contribution >= 0.6 is 0 Å². The molecule has 0 saturated carbocycles. The van der Waals surface area contributed by atoms with Gasteiger partial charge >= 0.3 is 0 Å². The van der Waals surface area contributed by atoms with E-state index >= 15 is 0 Å². The predicted molar refractivity (Wildman–Crippen MR) is 109 cm³/mol. The van der Waals surface area contributed by atoms with Gasteiger partial charge in [-0.2, -0.15) is 0 Å². The Morgan fingerprint density at radius 2 is 1.77 bits per heavy atom. The van der Waals surface area contributed by atoms with Gasteiger partial charge in [-0.3, -0.25) is 4.79 Å². The van der Waals surface area contributed by atoms with Gasteiger partial charge in [-0.05, 0) is 36.6 Å². The van der Waals surface area contributed by atoms with Gasteiger partial charge in [0.25, 0.3) is 0 Å². The summed E-state index contributed by atoms with van der Waals surface area (Å²) in [6, 6.07) is 18.4. The summed E-state index contributed by atoms with van der Waals surface area (Å²) in [5.74, 6) is 0.0654. The van der Waals surface area contributed by atoms with E-state index in [2.05, 4.69) is 30.1 Å². The number of carbonyl (C=O) groups excluding carboxylic acids is 1. The summed E-state index contributed by atoms with van der Waals surface area (Å²) in [4.78, 5) is 18.1. The molecule has 3 aromatic rings. The molecular formula is C23H26N2O. The molecule has 4 rings (SSSR count). The topological polar surface area (TPSA) is 36.1 Å². The Kier molecular flexibility index (Phi) is 5.57. The van der Waals surface area contributed by atoms with E-state index < -0.39 is 0 Å². The molecule has 0 fully saturated rings. The number of para-hydroxylation sites is 1. The van der Waals surface area contributed by atoms with E-state index in [1.54, 1.807) is 6.08 Å². The molecule has 3 nitrogen and oxygen atoms in total. The second-order valence-corrected chi connectivity index (χ2v) is 6.26. The summed E-state index contributed by atoms with van der Waals surface area (Å²) < 4.78 is 0. The first kappa shape index (κ1) is 18.0. The van der Waals surface area contributed by atoms with Crippen LogP contribution in [0.1, 0.15) is 43.6 Å². The first-order valence-corrected chi connectivity index (χ1v) is 9.37. The van der Waals surface area contributed by atoms with Crippen molar-refractivity contribution < 1.29 is 4.79 Å². The molecule has 1 aromatic heterocycles. The predicted octanol–water partition coefficient (Wildman–Crippen LogP) is 5.35. The lowest BCUT2D eigenvalue weighted by Crippen LogP contribution is -2.37. The van der Waals surface area contributed by atoms with E-state index in [9.17, 15) is 4.79 Å². The van der Waals surface area contributed by atoms with Crippen molar-refractivity contribution in [3.8, 4) is 0 Å². The van der Waals surface area contributed by atoms with Crippen LogP contribution in [0.5, 0.6) is 0 Å². The lowest BCUT2D eigenvalue weighted by atomic mass is 9.98. The van der Waals surface area contributed by atoms with Crippen molar-refractivity contribution in [3.05, 3.63) is 77.5 Å². The number of hydrogen-bond acceptors (Lipinski definition) is 1. The average Bonchev–Trinajstić information content (AvgIpc) is 3.08. The molecule has 0 spiro atoms. The molecule has 134 valence electrons. The molecule has 1 N–H and O–H groups in total. The maximum absolute atomic E-state index is 12.6. The first-order chi connectivity index (χ1) is 12.7. The maximum atomic E-state index is 12.6. The number of nitrogens with one attached hydrogen (secondary N) is 1. The van der Waals surface area contributed by atoms with Gasteiger partial charge < -0.3 is 9.88 Å². The van der Waals surface area contributed by atoms with Crippen molar-refractivity contribution in [1.82, 2.24) is 9.88 Å². The molecule has 2 heterocycles.